The van der Waals surface area contributed by atoms with E-state index in [-0.39, 0.29) is 5.82 Å². The molecule has 7 nitrogen and oxygen atoms in total. The third-order valence-corrected chi connectivity index (χ3v) is 4.84. The van der Waals surface area contributed by atoms with Gasteiger partial charge in [0.2, 0.25) is 0 Å². The van der Waals surface area contributed by atoms with Gasteiger partial charge in [-0.15, -0.1) is 10.2 Å². The highest BCUT2D eigenvalue weighted by molar-refractivity contribution is 5.45. The summed E-state index contributed by atoms with van der Waals surface area (Å²) >= 11 is 0. The number of hydrogen-bond donors (Lipinski definition) is 0. The van der Waals surface area contributed by atoms with E-state index in [0.717, 1.165) is 76.2 Å². The Morgan fingerprint density at radius 3 is 2.15 bits per heavy atom. The topological polar surface area (TPSA) is 57.6 Å². The lowest BCUT2D eigenvalue weighted by Gasteiger charge is -2.35. The first-order valence-corrected chi connectivity index (χ1v) is 9.01. The molecule has 138 valence electrons. The molecule has 2 aromatic heterocycles. The fraction of sp³-hybridized carbons (Fsp3) is 0.500. The molecular weight excluding hydrogens is 335 g/mol. The van der Waals surface area contributed by atoms with Gasteiger partial charge in [-0.1, -0.05) is 0 Å². The summed E-state index contributed by atoms with van der Waals surface area (Å²) in [6.45, 7) is 7.51. The molecule has 2 aliphatic rings. The van der Waals surface area contributed by atoms with E-state index in [1.54, 1.807) is 12.3 Å². The van der Waals surface area contributed by atoms with Crippen LogP contribution in [0.2, 0.25) is 0 Å². The first kappa shape index (κ1) is 17.1. The number of morpholine rings is 1. The van der Waals surface area contributed by atoms with Gasteiger partial charge in [0, 0.05) is 52.0 Å². The molecule has 0 aliphatic carbocycles. The normalized spacial score (nSPS) is 19.0. The van der Waals surface area contributed by atoms with Gasteiger partial charge in [0.15, 0.2) is 11.6 Å². The van der Waals surface area contributed by atoms with Crippen molar-refractivity contribution >= 4 is 11.6 Å². The Labute approximate surface area is 152 Å². The highest BCUT2D eigenvalue weighted by atomic mass is 19.1. The van der Waals surface area contributed by atoms with Crippen molar-refractivity contribution in [2.75, 3.05) is 62.3 Å². The molecule has 0 amide bonds. The number of ether oxygens (including phenoxy) is 1. The van der Waals surface area contributed by atoms with Gasteiger partial charge in [-0.3, -0.25) is 9.88 Å². The predicted octanol–water partition coefficient (Wildman–Crippen LogP) is 1.17. The van der Waals surface area contributed by atoms with Crippen molar-refractivity contribution in [3.63, 3.8) is 0 Å². The fourth-order valence-electron chi connectivity index (χ4n) is 3.38. The van der Waals surface area contributed by atoms with E-state index >= 15 is 0 Å². The van der Waals surface area contributed by atoms with Crippen LogP contribution in [0, 0.1) is 5.82 Å². The molecule has 4 rings (SSSR count). The maximum atomic E-state index is 13.3. The van der Waals surface area contributed by atoms with Crippen molar-refractivity contribution in [3.8, 4) is 0 Å². The summed E-state index contributed by atoms with van der Waals surface area (Å²) in [4.78, 5) is 10.7. The molecular formula is C18H23FN6O. The SMILES string of the molecule is Fc1cncc(CN2CCN(c3ccc(N4CCOCC4)nn3)CC2)c1. The van der Waals surface area contributed by atoms with Gasteiger partial charge in [-0.2, -0.15) is 0 Å². The van der Waals surface area contributed by atoms with Crippen molar-refractivity contribution in [1.82, 2.24) is 20.1 Å². The lowest BCUT2D eigenvalue weighted by molar-refractivity contribution is 0.122. The van der Waals surface area contributed by atoms with Gasteiger partial charge in [0.05, 0.1) is 19.4 Å². The van der Waals surface area contributed by atoms with E-state index in [2.05, 4.69) is 29.9 Å². The number of piperazine rings is 1. The third kappa shape index (κ3) is 4.08. The Kier molecular flexibility index (Phi) is 5.21. The van der Waals surface area contributed by atoms with E-state index in [1.807, 2.05) is 12.1 Å². The minimum absolute atomic E-state index is 0.281. The summed E-state index contributed by atoms with van der Waals surface area (Å²) in [6, 6.07) is 5.64. The van der Waals surface area contributed by atoms with Crippen molar-refractivity contribution in [1.29, 1.82) is 0 Å². The lowest BCUT2D eigenvalue weighted by Crippen LogP contribution is -2.46. The third-order valence-electron chi connectivity index (χ3n) is 4.84. The standard InChI is InChI=1S/C18H23FN6O/c19-16-11-15(12-20-13-16)14-23-3-5-24(6-4-23)17-1-2-18(22-21-17)25-7-9-26-10-8-25/h1-2,11-13H,3-10,14H2. The van der Waals surface area contributed by atoms with E-state index in [1.165, 1.54) is 6.20 Å². The second-order valence-electron chi connectivity index (χ2n) is 6.62. The zero-order chi connectivity index (χ0) is 17.8. The van der Waals surface area contributed by atoms with Crippen LogP contribution in [-0.2, 0) is 11.3 Å². The lowest BCUT2D eigenvalue weighted by atomic mass is 10.2. The van der Waals surface area contributed by atoms with Crippen molar-refractivity contribution in [2.24, 2.45) is 0 Å². The molecule has 0 N–H and O–H groups in total. The van der Waals surface area contributed by atoms with E-state index in [4.69, 9.17) is 4.74 Å². The van der Waals surface area contributed by atoms with E-state index in [0.29, 0.717) is 0 Å². The van der Waals surface area contributed by atoms with Crippen LogP contribution < -0.4 is 9.80 Å². The van der Waals surface area contributed by atoms with Gasteiger partial charge in [0.25, 0.3) is 0 Å². The summed E-state index contributed by atoms with van der Waals surface area (Å²) < 4.78 is 18.6. The molecule has 4 heterocycles. The number of rotatable bonds is 4. The maximum absolute atomic E-state index is 13.3. The first-order valence-electron chi connectivity index (χ1n) is 9.01. The second-order valence-corrected chi connectivity index (χ2v) is 6.62. The summed E-state index contributed by atoms with van der Waals surface area (Å²) in [6.07, 6.45) is 2.96. The Balaban J connectivity index is 1.31. The van der Waals surface area contributed by atoms with Gasteiger partial charge >= 0.3 is 0 Å². The first-order chi connectivity index (χ1) is 12.8. The van der Waals surface area contributed by atoms with Crippen LogP contribution in [0.15, 0.2) is 30.6 Å². The van der Waals surface area contributed by atoms with Gasteiger partial charge < -0.3 is 14.5 Å². The number of halogens is 1. The van der Waals surface area contributed by atoms with Gasteiger partial charge in [-0.05, 0) is 23.8 Å². The largest absolute Gasteiger partial charge is 0.378 e. The van der Waals surface area contributed by atoms with Crippen molar-refractivity contribution in [2.45, 2.75) is 6.54 Å². The molecule has 2 saturated heterocycles. The van der Waals surface area contributed by atoms with Gasteiger partial charge in [-0.25, -0.2) is 4.39 Å². The summed E-state index contributed by atoms with van der Waals surface area (Å²) in [5.41, 5.74) is 0.910. The summed E-state index contributed by atoms with van der Waals surface area (Å²) in [5, 5.41) is 8.80. The minimum atomic E-state index is -0.281. The number of aromatic nitrogens is 3. The highest BCUT2D eigenvalue weighted by Crippen LogP contribution is 2.18. The second kappa shape index (κ2) is 7.92. The molecule has 0 saturated carbocycles. The Hall–Kier alpha value is -2.32. The molecule has 0 aromatic carbocycles. The zero-order valence-corrected chi connectivity index (χ0v) is 14.7. The molecule has 2 aliphatic heterocycles. The van der Waals surface area contributed by atoms with Gasteiger partial charge in [0.1, 0.15) is 5.82 Å². The number of nitrogens with zero attached hydrogens (tertiary/aromatic N) is 6. The van der Waals surface area contributed by atoms with Crippen LogP contribution in [0.5, 0.6) is 0 Å². The zero-order valence-electron chi connectivity index (χ0n) is 14.7. The average molecular weight is 358 g/mol. The van der Waals surface area contributed by atoms with Crippen LogP contribution in [0.25, 0.3) is 0 Å². The quantitative estimate of drug-likeness (QED) is 0.813. The predicted molar refractivity (Wildman–Crippen MR) is 96.7 cm³/mol. The molecule has 0 bridgehead atoms. The Bertz CT molecular complexity index is 714. The number of hydrogen-bond acceptors (Lipinski definition) is 7. The maximum Gasteiger partial charge on any atom is 0.151 e. The Morgan fingerprint density at radius 2 is 1.54 bits per heavy atom. The summed E-state index contributed by atoms with van der Waals surface area (Å²) in [7, 11) is 0. The molecule has 0 radical (unpaired) electrons. The van der Waals surface area contributed by atoms with Crippen LogP contribution in [0.3, 0.4) is 0 Å². The minimum Gasteiger partial charge on any atom is -0.378 e. The molecule has 0 atom stereocenters. The van der Waals surface area contributed by atoms with Crippen LogP contribution >= 0.6 is 0 Å². The Morgan fingerprint density at radius 1 is 0.885 bits per heavy atom. The van der Waals surface area contributed by atoms with Crippen LogP contribution in [-0.4, -0.2) is 72.6 Å². The van der Waals surface area contributed by atoms with E-state index in [9.17, 15) is 4.39 Å². The van der Waals surface area contributed by atoms with Crippen LogP contribution in [0.1, 0.15) is 5.56 Å². The monoisotopic (exact) mass is 358 g/mol. The number of pyridine rings is 1. The summed E-state index contributed by atoms with van der Waals surface area (Å²) in [5.74, 6) is 1.54. The molecule has 8 heteroatoms. The molecule has 0 unspecified atom stereocenters. The highest BCUT2D eigenvalue weighted by Gasteiger charge is 2.19. The molecule has 2 aromatic rings. The average Bonchev–Trinajstić information content (AvgIpc) is 2.70. The smallest absolute Gasteiger partial charge is 0.151 e. The molecule has 0 spiro atoms. The van der Waals surface area contributed by atoms with Crippen molar-refractivity contribution in [3.05, 3.63) is 42.0 Å². The fourth-order valence-corrected chi connectivity index (χ4v) is 3.38. The van der Waals surface area contributed by atoms with Crippen LogP contribution in [0.4, 0.5) is 16.0 Å². The van der Waals surface area contributed by atoms with Crippen molar-refractivity contribution < 1.29 is 9.13 Å². The molecule has 2 fully saturated rings. The van der Waals surface area contributed by atoms with E-state index < -0.39 is 0 Å². The molecule has 26 heavy (non-hydrogen) atoms. The number of anilines is 2.